The first kappa shape index (κ1) is 22.6. The Bertz CT molecular complexity index is 963. The molecule has 1 atom stereocenters. The third-order valence-corrected chi connectivity index (χ3v) is 3.91. The van der Waals surface area contributed by atoms with Gasteiger partial charge >= 0.3 is 6.18 Å². The number of hydrogen-bond acceptors (Lipinski definition) is 6. The number of rotatable bonds is 5. The number of alkyl halides is 3. The second-order valence-corrected chi connectivity index (χ2v) is 6.04. The summed E-state index contributed by atoms with van der Waals surface area (Å²) in [5.74, 6) is -0.715. The molecule has 0 fully saturated rings. The molecule has 3 aromatic rings. The van der Waals surface area contributed by atoms with Crippen molar-refractivity contribution < 1.29 is 27.6 Å². The number of hydrogen-bond donors (Lipinski definition) is 2. The van der Waals surface area contributed by atoms with Crippen LogP contribution in [0.1, 0.15) is 27.9 Å². The summed E-state index contributed by atoms with van der Waals surface area (Å²) in [6, 6.07) is 6.98. The van der Waals surface area contributed by atoms with Crippen LogP contribution in [-0.2, 0) is 6.18 Å². The lowest BCUT2D eigenvalue weighted by molar-refractivity contribution is -0.137. The van der Waals surface area contributed by atoms with Crippen molar-refractivity contribution in [3.8, 4) is 11.5 Å². The van der Waals surface area contributed by atoms with Crippen LogP contribution in [0.4, 0.5) is 13.2 Å². The van der Waals surface area contributed by atoms with E-state index >= 15 is 0 Å². The summed E-state index contributed by atoms with van der Waals surface area (Å²) < 4.78 is 42.8. The molecule has 0 spiro atoms. The monoisotopic (exact) mass is 448 g/mol. The van der Waals surface area contributed by atoms with Crippen LogP contribution in [0, 0.1) is 0 Å². The first-order valence-electron chi connectivity index (χ1n) is 7.82. The van der Waals surface area contributed by atoms with Crippen LogP contribution < -0.4 is 5.32 Å². The highest BCUT2D eigenvalue weighted by atomic mass is 35.5. The molecule has 0 aliphatic heterocycles. The van der Waals surface area contributed by atoms with Gasteiger partial charge in [0.2, 0.25) is 5.82 Å². The average molecular weight is 449 g/mol. The Labute approximate surface area is 173 Å². The van der Waals surface area contributed by atoms with Gasteiger partial charge in [-0.1, -0.05) is 16.8 Å². The molecule has 29 heavy (non-hydrogen) atoms. The zero-order valence-corrected chi connectivity index (χ0v) is 15.9. The van der Waals surface area contributed by atoms with Crippen LogP contribution in [0.2, 0.25) is 5.02 Å². The number of amides is 1. The number of nitrogens with one attached hydrogen (secondary N) is 1. The second kappa shape index (κ2) is 9.21. The summed E-state index contributed by atoms with van der Waals surface area (Å²) in [5, 5.41) is 16.1. The number of benzene rings is 1. The molecule has 0 radical (unpaired) electrons. The molecule has 154 valence electrons. The number of carbonyl (C=O) groups is 1. The highest BCUT2D eigenvalue weighted by Gasteiger charge is 2.31. The van der Waals surface area contributed by atoms with E-state index in [4.69, 9.17) is 16.1 Å². The van der Waals surface area contributed by atoms with Gasteiger partial charge in [-0.3, -0.25) is 9.78 Å². The summed E-state index contributed by atoms with van der Waals surface area (Å²) in [6.45, 7) is -0.540. The van der Waals surface area contributed by atoms with Gasteiger partial charge < -0.3 is 14.9 Å². The predicted octanol–water partition coefficient (Wildman–Crippen LogP) is 3.69. The Balaban J connectivity index is 0.00000300. The van der Waals surface area contributed by atoms with Gasteiger partial charge in [-0.2, -0.15) is 18.2 Å². The molecular weight excluding hydrogens is 436 g/mol. The minimum atomic E-state index is -4.51. The van der Waals surface area contributed by atoms with E-state index < -0.39 is 30.3 Å². The van der Waals surface area contributed by atoms with Gasteiger partial charge in [0.1, 0.15) is 11.7 Å². The number of halogens is 5. The standard InChI is InChI=1S/C17H12ClF3N4O3.ClH/c18-11-4-1-9(2-5-11)15(27)23-13(8-26)16-24-14(25-28-16)12-6-3-10(7-22-12)17(19,20)21;/h1-7,13,26H,8H2,(H,23,27);1H. The van der Waals surface area contributed by atoms with Crippen LogP contribution in [0.5, 0.6) is 0 Å². The quantitative estimate of drug-likeness (QED) is 0.617. The van der Waals surface area contributed by atoms with Crippen LogP contribution in [0.25, 0.3) is 11.5 Å². The maximum atomic E-state index is 12.6. The fourth-order valence-corrected chi connectivity index (χ4v) is 2.33. The molecule has 0 aliphatic rings. The molecule has 3 rings (SSSR count). The second-order valence-electron chi connectivity index (χ2n) is 5.60. The number of aromatic nitrogens is 3. The Kier molecular flexibility index (Phi) is 7.17. The summed E-state index contributed by atoms with van der Waals surface area (Å²) in [5.41, 5.74) is -0.570. The van der Waals surface area contributed by atoms with Crippen molar-refractivity contribution in [2.75, 3.05) is 6.61 Å². The maximum absolute atomic E-state index is 12.6. The van der Waals surface area contributed by atoms with Crippen molar-refractivity contribution in [1.82, 2.24) is 20.4 Å². The van der Waals surface area contributed by atoms with Gasteiger partial charge in [0.05, 0.1) is 12.2 Å². The molecule has 12 heteroatoms. The van der Waals surface area contributed by atoms with Crippen molar-refractivity contribution in [2.45, 2.75) is 12.2 Å². The van der Waals surface area contributed by atoms with Crippen molar-refractivity contribution >= 4 is 29.9 Å². The lowest BCUT2D eigenvalue weighted by atomic mass is 10.2. The Morgan fingerprint density at radius 2 is 1.90 bits per heavy atom. The van der Waals surface area contributed by atoms with E-state index in [0.717, 1.165) is 12.1 Å². The van der Waals surface area contributed by atoms with Crippen LogP contribution >= 0.6 is 24.0 Å². The molecule has 0 bridgehead atoms. The van der Waals surface area contributed by atoms with Crippen LogP contribution in [0.3, 0.4) is 0 Å². The number of aliphatic hydroxyl groups is 1. The first-order valence-corrected chi connectivity index (χ1v) is 8.20. The summed E-state index contributed by atoms with van der Waals surface area (Å²) in [6.07, 6.45) is -3.86. The average Bonchev–Trinajstić information content (AvgIpc) is 3.16. The zero-order valence-electron chi connectivity index (χ0n) is 14.4. The zero-order chi connectivity index (χ0) is 20.3. The predicted molar refractivity (Wildman–Crippen MR) is 98.5 cm³/mol. The molecule has 0 saturated carbocycles. The summed E-state index contributed by atoms with van der Waals surface area (Å²) in [4.78, 5) is 19.9. The van der Waals surface area contributed by atoms with E-state index in [0.29, 0.717) is 16.8 Å². The molecule has 1 unspecified atom stereocenters. The number of aliphatic hydroxyl groups excluding tert-OH is 1. The van der Waals surface area contributed by atoms with Gasteiger partial charge in [0.15, 0.2) is 0 Å². The van der Waals surface area contributed by atoms with Gasteiger partial charge in [-0.25, -0.2) is 0 Å². The Morgan fingerprint density at radius 3 is 2.45 bits per heavy atom. The highest BCUT2D eigenvalue weighted by Crippen LogP contribution is 2.29. The fraction of sp³-hybridized carbons (Fsp3) is 0.176. The maximum Gasteiger partial charge on any atom is 0.417 e. The Morgan fingerprint density at radius 1 is 1.21 bits per heavy atom. The molecule has 0 saturated heterocycles. The van der Waals surface area contributed by atoms with E-state index in [1.807, 2.05) is 0 Å². The third-order valence-electron chi connectivity index (χ3n) is 3.65. The molecule has 2 aromatic heterocycles. The van der Waals surface area contributed by atoms with Gasteiger partial charge in [0, 0.05) is 16.8 Å². The Hall–Kier alpha value is -2.69. The van der Waals surface area contributed by atoms with Crippen molar-refractivity contribution in [3.05, 3.63) is 64.6 Å². The topological polar surface area (TPSA) is 101 Å². The van der Waals surface area contributed by atoms with Crippen molar-refractivity contribution in [2.24, 2.45) is 0 Å². The first-order chi connectivity index (χ1) is 13.3. The molecule has 2 N–H and O–H groups in total. The highest BCUT2D eigenvalue weighted by molar-refractivity contribution is 6.30. The van der Waals surface area contributed by atoms with E-state index in [1.54, 1.807) is 0 Å². The largest absolute Gasteiger partial charge is 0.417 e. The smallest absolute Gasteiger partial charge is 0.394 e. The van der Waals surface area contributed by atoms with E-state index in [-0.39, 0.29) is 29.8 Å². The molecule has 7 nitrogen and oxygen atoms in total. The summed E-state index contributed by atoms with van der Waals surface area (Å²) >= 11 is 5.77. The van der Waals surface area contributed by atoms with Gasteiger partial charge in [-0.15, -0.1) is 12.4 Å². The lowest BCUT2D eigenvalue weighted by Gasteiger charge is -2.12. The number of carbonyl (C=O) groups excluding carboxylic acids is 1. The minimum absolute atomic E-state index is 0. The van der Waals surface area contributed by atoms with Crippen LogP contribution in [0.15, 0.2) is 47.1 Å². The van der Waals surface area contributed by atoms with E-state index in [9.17, 15) is 23.1 Å². The van der Waals surface area contributed by atoms with Gasteiger partial charge in [0.25, 0.3) is 11.8 Å². The third kappa shape index (κ3) is 5.43. The molecule has 1 amide bonds. The van der Waals surface area contributed by atoms with Crippen molar-refractivity contribution in [1.29, 1.82) is 0 Å². The number of nitrogens with zero attached hydrogens (tertiary/aromatic N) is 3. The minimum Gasteiger partial charge on any atom is -0.394 e. The van der Waals surface area contributed by atoms with Crippen LogP contribution in [-0.4, -0.2) is 32.7 Å². The lowest BCUT2D eigenvalue weighted by Crippen LogP contribution is -2.31. The molecule has 1 aromatic carbocycles. The molecule has 0 aliphatic carbocycles. The molecule has 2 heterocycles. The molecular formula is C17H13Cl2F3N4O3. The normalized spacial score (nSPS) is 12.2. The van der Waals surface area contributed by atoms with Gasteiger partial charge in [-0.05, 0) is 36.4 Å². The summed E-state index contributed by atoms with van der Waals surface area (Å²) in [7, 11) is 0. The van der Waals surface area contributed by atoms with Crippen molar-refractivity contribution in [3.63, 3.8) is 0 Å². The SMILES string of the molecule is Cl.O=C(NC(CO)c1nc(-c2ccc(C(F)(F)F)cn2)no1)c1ccc(Cl)cc1. The van der Waals surface area contributed by atoms with E-state index in [1.165, 1.54) is 24.3 Å². The van der Waals surface area contributed by atoms with E-state index in [2.05, 4.69) is 20.4 Å². The number of pyridine rings is 1. The fourth-order valence-electron chi connectivity index (χ4n) is 2.20.